The molecule has 1 aliphatic heterocycles. The van der Waals surface area contributed by atoms with Crippen LogP contribution in [0, 0.1) is 6.92 Å². The molecule has 0 unspecified atom stereocenters. The van der Waals surface area contributed by atoms with E-state index in [4.69, 9.17) is 4.98 Å². The molecule has 0 aromatic carbocycles. The number of rotatable bonds is 5. The first kappa shape index (κ1) is 16.5. The molecule has 3 aromatic rings. The number of pyridine rings is 1. The summed E-state index contributed by atoms with van der Waals surface area (Å²) in [6.07, 6.45) is 8.30. The van der Waals surface area contributed by atoms with Gasteiger partial charge in [-0.15, -0.1) is 0 Å². The molecule has 134 valence electrons. The molecule has 1 N–H and O–H groups in total. The van der Waals surface area contributed by atoms with E-state index in [1.165, 1.54) is 0 Å². The van der Waals surface area contributed by atoms with Crippen LogP contribution in [0.3, 0.4) is 0 Å². The first-order valence-corrected chi connectivity index (χ1v) is 8.92. The third-order valence-electron chi connectivity index (χ3n) is 4.96. The number of aryl methyl sites for hydroxylation is 1. The van der Waals surface area contributed by atoms with Crippen LogP contribution < -0.4 is 5.32 Å². The maximum absolute atomic E-state index is 10.9. The summed E-state index contributed by atoms with van der Waals surface area (Å²) in [6.45, 7) is 4.28. The molecule has 0 aliphatic carbocycles. The molecule has 4 rings (SSSR count). The van der Waals surface area contributed by atoms with Crippen molar-refractivity contribution in [1.29, 1.82) is 0 Å². The van der Waals surface area contributed by atoms with E-state index in [1.54, 1.807) is 6.20 Å². The van der Waals surface area contributed by atoms with Crippen molar-refractivity contribution in [3.63, 3.8) is 0 Å². The number of hydrogen-bond acceptors (Lipinski definition) is 5. The molecule has 7 nitrogen and oxygen atoms in total. The number of anilines is 1. The van der Waals surface area contributed by atoms with Crippen LogP contribution in [-0.4, -0.2) is 44.0 Å². The van der Waals surface area contributed by atoms with Crippen molar-refractivity contribution < 1.29 is 4.79 Å². The van der Waals surface area contributed by atoms with Gasteiger partial charge in [-0.3, -0.25) is 9.78 Å². The van der Waals surface area contributed by atoms with Crippen molar-refractivity contribution in [3.05, 3.63) is 53.6 Å². The van der Waals surface area contributed by atoms with E-state index in [9.17, 15) is 4.79 Å². The molecule has 1 amide bonds. The van der Waals surface area contributed by atoms with Gasteiger partial charge >= 0.3 is 0 Å². The summed E-state index contributed by atoms with van der Waals surface area (Å²) in [5, 5.41) is 7.93. The van der Waals surface area contributed by atoms with Gasteiger partial charge < -0.3 is 10.2 Å². The van der Waals surface area contributed by atoms with Gasteiger partial charge in [0.05, 0.1) is 6.20 Å². The molecule has 0 atom stereocenters. The van der Waals surface area contributed by atoms with Crippen molar-refractivity contribution in [2.24, 2.45) is 0 Å². The fourth-order valence-electron chi connectivity index (χ4n) is 3.42. The maximum atomic E-state index is 10.9. The quantitative estimate of drug-likeness (QED) is 0.715. The molecule has 0 spiro atoms. The highest BCUT2D eigenvalue weighted by molar-refractivity contribution is 5.54. The Bertz CT molecular complexity index is 899. The summed E-state index contributed by atoms with van der Waals surface area (Å²) in [6, 6.07) is 6.07. The van der Waals surface area contributed by atoms with Crippen LogP contribution in [0.1, 0.15) is 35.6 Å². The fraction of sp³-hybridized carbons (Fsp3) is 0.368. The van der Waals surface area contributed by atoms with Crippen molar-refractivity contribution in [1.82, 2.24) is 24.5 Å². The van der Waals surface area contributed by atoms with Crippen LogP contribution in [0.25, 0.3) is 5.65 Å². The van der Waals surface area contributed by atoms with Gasteiger partial charge in [0.2, 0.25) is 6.41 Å². The van der Waals surface area contributed by atoms with Crippen LogP contribution in [0.15, 0.2) is 36.8 Å². The minimum atomic E-state index is 0.365. The van der Waals surface area contributed by atoms with Crippen LogP contribution in [0.5, 0.6) is 0 Å². The van der Waals surface area contributed by atoms with E-state index in [0.29, 0.717) is 12.5 Å². The predicted octanol–water partition coefficient (Wildman–Crippen LogP) is 2.38. The molecule has 0 saturated carbocycles. The van der Waals surface area contributed by atoms with Crippen molar-refractivity contribution in [2.75, 3.05) is 18.4 Å². The zero-order chi connectivity index (χ0) is 17.9. The van der Waals surface area contributed by atoms with Crippen molar-refractivity contribution in [3.8, 4) is 0 Å². The Labute approximate surface area is 152 Å². The zero-order valence-electron chi connectivity index (χ0n) is 14.8. The van der Waals surface area contributed by atoms with Gasteiger partial charge in [-0.25, -0.2) is 4.98 Å². The Hall–Kier alpha value is -2.96. The van der Waals surface area contributed by atoms with Gasteiger partial charge in [0.1, 0.15) is 5.82 Å². The molecule has 0 radical (unpaired) electrons. The lowest BCUT2D eigenvalue weighted by Crippen LogP contribution is -2.32. The van der Waals surface area contributed by atoms with Crippen molar-refractivity contribution >= 4 is 17.9 Å². The molecule has 3 aromatic heterocycles. The van der Waals surface area contributed by atoms with E-state index in [2.05, 4.69) is 21.5 Å². The number of fused-ring (bicyclic) bond motifs is 1. The Morgan fingerprint density at radius 1 is 1.31 bits per heavy atom. The summed E-state index contributed by atoms with van der Waals surface area (Å²) < 4.78 is 1.86. The lowest BCUT2D eigenvalue weighted by Gasteiger charge is -2.29. The number of nitrogens with zero attached hydrogens (tertiary/aromatic N) is 5. The van der Waals surface area contributed by atoms with Gasteiger partial charge in [-0.1, -0.05) is 6.07 Å². The van der Waals surface area contributed by atoms with Gasteiger partial charge in [0.25, 0.3) is 0 Å². The summed E-state index contributed by atoms with van der Waals surface area (Å²) in [5.41, 5.74) is 4.12. The Morgan fingerprint density at radius 2 is 2.15 bits per heavy atom. The minimum absolute atomic E-state index is 0.365. The summed E-state index contributed by atoms with van der Waals surface area (Å²) in [5.74, 6) is 1.30. The lowest BCUT2D eigenvalue weighted by atomic mass is 9.93. The molecular formula is C19H22N6O. The van der Waals surface area contributed by atoms with Crippen LogP contribution in [-0.2, 0) is 11.3 Å². The van der Waals surface area contributed by atoms with E-state index < -0.39 is 0 Å². The Kier molecular flexibility index (Phi) is 4.51. The monoisotopic (exact) mass is 350 g/mol. The number of piperidine rings is 1. The number of amides is 1. The molecule has 7 heteroatoms. The topological polar surface area (TPSA) is 75.4 Å². The smallest absolute Gasteiger partial charge is 0.209 e. The molecular weight excluding hydrogens is 328 g/mol. The Balaban J connectivity index is 1.62. The van der Waals surface area contributed by atoms with E-state index in [1.807, 2.05) is 40.9 Å². The van der Waals surface area contributed by atoms with E-state index >= 15 is 0 Å². The third-order valence-corrected chi connectivity index (χ3v) is 4.96. The molecule has 26 heavy (non-hydrogen) atoms. The van der Waals surface area contributed by atoms with Crippen molar-refractivity contribution in [2.45, 2.75) is 32.2 Å². The number of hydrogen-bond donors (Lipinski definition) is 1. The predicted molar refractivity (Wildman–Crippen MR) is 98.9 cm³/mol. The molecule has 0 bridgehead atoms. The van der Waals surface area contributed by atoms with Gasteiger partial charge in [-0.05, 0) is 31.4 Å². The van der Waals surface area contributed by atoms with Gasteiger partial charge in [-0.2, -0.15) is 9.61 Å². The molecule has 4 heterocycles. The molecule has 1 aliphatic rings. The summed E-state index contributed by atoms with van der Waals surface area (Å²) in [4.78, 5) is 21.8. The SMILES string of the molecule is Cc1cnn2c(NCc3cccnc3)cc(C3CCN(C=O)CC3)nc12. The van der Waals surface area contributed by atoms with Gasteiger partial charge in [0, 0.05) is 55.3 Å². The first-order chi connectivity index (χ1) is 12.7. The number of likely N-dealkylation sites (tertiary alicyclic amines) is 1. The third kappa shape index (κ3) is 3.24. The highest BCUT2D eigenvalue weighted by Crippen LogP contribution is 2.29. The van der Waals surface area contributed by atoms with E-state index in [-0.39, 0.29) is 0 Å². The largest absolute Gasteiger partial charge is 0.366 e. The van der Waals surface area contributed by atoms with Crippen LogP contribution in [0.2, 0.25) is 0 Å². The number of aromatic nitrogens is 4. The average Bonchev–Trinajstić information content (AvgIpc) is 3.08. The fourth-order valence-corrected chi connectivity index (χ4v) is 3.42. The second-order valence-corrected chi connectivity index (χ2v) is 6.76. The standard InChI is InChI=1S/C19H22N6O/c1-14-10-22-25-18(21-12-15-3-2-6-20-11-15)9-17(23-19(14)25)16-4-7-24(13-26)8-5-16/h2-3,6,9-11,13,16,21H,4-5,7-8,12H2,1H3. The molecule has 1 fully saturated rings. The number of carbonyl (C=O) groups excluding carboxylic acids is 1. The highest BCUT2D eigenvalue weighted by Gasteiger charge is 2.22. The lowest BCUT2D eigenvalue weighted by molar-refractivity contribution is -0.119. The van der Waals surface area contributed by atoms with Crippen LogP contribution in [0.4, 0.5) is 5.82 Å². The van der Waals surface area contributed by atoms with Crippen LogP contribution >= 0.6 is 0 Å². The number of nitrogens with one attached hydrogen (secondary N) is 1. The second-order valence-electron chi connectivity index (χ2n) is 6.76. The number of carbonyl (C=O) groups is 1. The Morgan fingerprint density at radius 3 is 2.88 bits per heavy atom. The first-order valence-electron chi connectivity index (χ1n) is 8.92. The highest BCUT2D eigenvalue weighted by atomic mass is 16.1. The van der Waals surface area contributed by atoms with E-state index in [0.717, 1.165) is 60.6 Å². The second kappa shape index (κ2) is 7.11. The average molecular weight is 350 g/mol. The normalized spacial score (nSPS) is 15.3. The summed E-state index contributed by atoms with van der Waals surface area (Å²) >= 11 is 0. The minimum Gasteiger partial charge on any atom is -0.366 e. The summed E-state index contributed by atoms with van der Waals surface area (Å²) in [7, 11) is 0. The van der Waals surface area contributed by atoms with Gasteiger partial charge in [0.15, 0.2) is 5.65 Å². The maximum Gasteiger partial charge on any atom is 0.209 e. The zero-order valence-corrected chi connectivity index (χ0v) is 14.8. The molecule has 1 saturated heterocycles.